The first-order valence-electron chi connectivity index (χ1n) is 6.14. The van der Waals surface area contributed by atoms with Gasteiger partial charge in [0.2, 0.25) is 5.67 Å². The van der Waals surface area contributed by atoms with Crippen molar-refractivity contribution in [1.29, 1.82) is 0 Å². The number of phenolic OH excluding ortho intramolecular Hbond substituents is 2. The Morgan fingerprint density at radius 2 is 1.09 bits per heavy atom. The molecule has 0 saturated carbocycles. The zero-order valence-corrected chi connectivity index (χ0v) is 11.0. The maximum Gasteiger partial charge on any atom is 0.349 e. The number of hydrogen-bond acceptors (Lipinski definition) is 2. The number of benzene rings is 2. The van der Waals surface area contributed by atoms with Crippen molar-refractivity contribution in [1.82, 2.24) is 0 Å². The first kappa shape index (κ1) is 16.1. The molecule has 7 heteroatoms. The average molecular weight is 318 g/mol. The van der Waals surface area contributed by atoms with Crippen LogP contribution < -0.4 is 0 Å². The fraction of sp³-hybridized carbons (Fsp3) is 0.200. The molecule has 0 saturated heterocycles. The van der Waals surface area contributed by atoms with Gasteiger partial charge in [0.15, 0.2) is 0 Å². The van der Waals surface area contributed by atoms with E-state index >= 15 is 4.39 Å². The maximum atomic E-state index is 15.3. The van der Waals surface area contributed by atoms with Gasteiger partial charge in [-0.25, -0.2) is 13.2 Å². The van der Waals surface area contributed by atoms with Crippen molar-refractivity contribution in [3.05, 3.63) is 59.7 Å². The predicted molar refractivity (Wildman–Crippen MR) is 69.1 cm³/mol. The lowest BCUT2D eigenvalue weighted by Gasteiger charge is -2.34. The highest BCUT2D eigenvalue weighted by atomic mass is 19.3. The summed E-state index contributed by atoms with van der Waals surface area (Å²) in [6.07, 6.45) is -4.35. The Balaban J connectivity index is 2.82. The minimum Gasteiger partial charge on any atom is -0.508 e. The quantitative estimate of drug-likeness (QED) is 0.829. The maximum absolute atomic E-state index is 15.3. The van der Waals surface area contributed by atoms with Gasteiger partial charge in [0.05, 0.1) is 0 Å². The highest BCUT2D eigenvalue weighted by Gasteiger charge is 2.65. The number of para-hydroxylation sites is 2. The Labute approximate surface area is 122 Å². The second-order valence-corrected chi connectivity index (χ2v) is 4.62. The van der Waals surface area contributed by atoms with E-state index in [-0.39, 0.29) is 0 Å². The van der Waals surface area contributed by atoms with Crippen LogP contribution in [0, 0.1) is 0 Å². The van der Waals surface area contributed by atoms with Crippen molar-refractivity contribution < 1.29 is 32.2 Å². The van der Waals surface area contributed by atoms with Crippen LogP contribution in [0.2, 0.25) is 0 Å². The van der Waals surface area contributed by atoms with Gasteiger partial charge >= 0.3 is 12.3 Å². The standard InChI is InChI=1S/C15H11F5O2/c16-13(17)15(19,20)14(18,9-5-1-3-7-11(9)21)10-6-2-4-8-12(10)22/h1-8,13,21-22H. The number of halogens is 5. The summed E-state index contributed by atoms with van der Waals surface area (Å²) in [5, 5.41) is 19.3. The van der Waals surface area contributed by atoms with Crippen molar-refractivity contribution >= 4 is 0 Å². The number of rotatable bonds is 4. The molecule has 0 spiro atoms. The summed E-state index contributed by atoms with van der Waals surface area (Å²) < 4.78 is 68.8. The molecule has 2 aromatic carbocycles. The lowest BCUT2D eigenvalue weighted by Crippen LogP contribution is -2.48. The fourth-order valence-corrected chi connectivity index (χ4v) is 2.18. The van der Waals surface area contributed by atoms with Gasteiger partial charge in [-0.05, 0) is 12.1 Å². The lowest BCUT2D eigenvalue weighted by molar-refractivity contribution is -0.205. The first-order chi connectivity index (χ1) is 10.2. The van der Waals surface area contributed by atoms with Crippen LogP contribution in [0.15, 0.2) is 48.5 Å². The Kier molecular flexibility index (Phi) is 4.00. The molecule has 2 nitrogen and oxygen atoms in total. The van der Waals surface area contributed by atoms with Crippen LogP contribution in [0.1, 0.15) is 11.1 Å². The molecule has 118 valence electrons. The van der Waals surface area contributed by atoms with Crippen LogP contribution in [-0.2, 0) is 5.67 Å². The van der Waals surface area contributed by atoms with Gasteiger partial charge in [0.1, 0.15) is 11.5 Å². The van der Waals surface area contributed by atoms with E-state index in [4.69, 9.17) is 0 Å². The zero-order valence-electron chi connectivity index (χ0n) is 11.0. The molecule has 0 radical (unpaired) electrons. The summed E-state index contributed by atoms with van der Waals surface area (Å²) in [6, 6.07) is 8.00. The summed E-state index contributed by atoms with van der Waals surface area (Å²) >= 11 is 0. The van der Waals surface area contributed by atoms with E-state index in [9.17, 15) is 27.8 Å². The van der Waals surface area contributed by atoms with E-state index in [0.29, 0.717) is 0 Å². The molecule has 0 aliphatic carbocycles. The van der Waals surface area contributed by atoms with Crippen molar-refractivity contribution in [2.75, 3.05) is 0 Å². The van der Waals surface area contributed by atoms with Crippen LogP contribution in [0.4, 0.5) is 22.0 Å². The van der Waals surface area contributed by atoms with E-state index in [1.165, 1.54) is 12.1 Å². The average Bonchev–Trinajstić information content (AvgIpc) is 2.47. The fourth-order valence-electron chi connectivity index (χ4n) is 2.18. The van der Waals surface area contributed by atoms with Gasteiger partial charge in [0, 0.05) is 11.1 Å². The van der Waals surface area contributed by atoms with Gasteiger partial charge in [-0.1, -0.05) is 36.4 Å². The third-order valence-electron chi connectivity index (χ3n) is 3.28. The normalized spacial score (nSPS) is 12.6. The molecule has 0 fully saturated rings. The SMILES string of the molecule is Oc1ccccc1C(F)(c1ccccc1O)C(F)(F)C(F)F. The third-order valence-corrected chi connectivity index (χ3v) is 3.28. The van der Waals surface area contributed by atoms with E-state index in [2.05, 4.69) is 0 Å². The molecule has 0 amide bonds. The molecule has 22 heavy (non-hydrogen) atoms. The van der Waals surface area contributed by atoms with Gasteiger partial charge in [0.25, 0.3) is 0 Å². The molecule has 0 bridgehead atoms. The smallest absolute Gasteiger partial charge is 0.349 e. The summed E-state index contributed by atoms with van der Waals surface area (Å²) in [5.41, 5.74) is -6.21. The molecular weight excluding hydrogens is 307 g/mol. The molecule has 0 aliphatic heterocycles. The van der Waals surface area contributed by atoms with Crippen LogP contribution in [-0.4, -0.2) is 22.6 Å². The third kappa shape index (κ3) is 2.26. The largest absolute Gasteiger partial charge is 0.508 e. The van der Waals surface area contributed by atoms with Gasteiger partial charge < -0.3 is 10.2 Å². The van der Waals surface area contributed by atoms with Crippen LogP contribution in [0.5, 0.6) is 11.5 Å². The number of phenols is 2. The van der Waals surface area contributed by atoms with Crippen molar-refractivity contribution in [2.45, 2.75) is 18.0 Å². The summed E-state index contributed by atoms with van der Waals surface area (Å²) in [5.74, 6) is -7.02. The van der Waals surface area contributed by atoms with E-state index in [0.717, 1.165) is 36.4 Å². The highest BCUT2D eigenvalue weighted by molar-refractivity contribution is 5.51. The van der Waals surface area contributed by atoms with E-state index in [1.54, 1.807) is 0 Å². The second kappa shape index (κ2) is 5.47. The van der Waals surface area contributed by atoms with E-state index in [1.807, 2.05) is 0 Å². The summed E-state index contributed by atoms with van der Waals surface area (Å²) in [7, 11) is 0. The van der Waals surface area contributed by atoms with E-state index < -0.39 is 40.6 Å². The Morgan fingerprint density at radius 3 is 1.41 bits per heavy atom. The number of alkyl halides is 5. The summed E-state index contributed by atoms with van der Waals surface area (Å²) in [4.78, 5) is 0. The van der Waals surface area contributed by atoms with Crippen LogP contribution >= 0.6 is 0 Å². The minimum absolute atomic E-state index is 0.762. The Morgan fingerprint density at radius 1 is 0.727 bits per heavy atom. The molecule has 2 N–H and O–H groups in total. The van der Waals surface area contributed by atoms with Gasteiger partial charge in [-0.3, -0.25) is 0 Å². The zero-order chi connectivity index (χ0) is 16.5. The molecule has 0 heterocycles. The monoisotopic (exact) mass is 318 g/mol. The molecule has 0 aromatic heterocycles. The van der Waals surface area contributed by atoms with Gasteiger partial charge in [-0.2, -0.15) is 8.78 Å². The first-order valence-corrected chi connectivity index (χ1v) is 6.14. The van der Waals surface area contributed by atoms with Crippen molar-refractivity contribution in [2.24, 2.45) is 0 Å². The second-order valence-electron chi connectivity index (χ2n) is 4.62. The molecule has 0 aliphatic rings. The Hall–Kier alpha value is -2.31. The van der Waals surface area contributed by atoms with Crippen molar-refractivity contribution in [3.63, 3.8) is 0 Å². The minimum atomic E-state index is -5.18. The molecule has 0 unspecified atom stereocenters. The number of hydrogen-bond donors (Lipinski definition) is 2. The number of aromatic hydroxyl groups is 2. The molecule has 2 aromatic rings. The Bertz CT molecular complexity index is 627. The molecule has 0 atom stereocenters. The summed E-state index contributed by atoms with van der Waals surface area (Å²) in [6.45, 7) is 0. The molecule has 2 rings (SSSR count). The topological polar surface area (TPSA) is 40.5 Å². The predicted octanol–water partition coefficient (Wildman–Crippen LogP) is 4.21. The molecular formula is C15H11F5O2. The lowest BCUT2D eigenvalue weighted by atomic mass is 9.81. The van der Waals surface area contributed by atoms with Crippen molar-refractivity contribution in [3.8, 4) is 11.5 Å². The van der Waals surface area contributed by atoms with Gasteiger partial charge in [-0.15, -0.1) is 0 Å². The highest BCUT2D eigenvalue weighted by Crippen LogP contribution is 2.53. The van der Waals surface area contributed by atoms with Crippen LogP contribution in [0.3, 0.4) is 0 Å². The van der Waals surface area contributed by atoms with Crippen LogP contribution in [0.25, 0.3) is 0 Å².